The highest BCUT2D eigenvalue weighted by atomic mass is 16.5. The third kappa shape index (κ3) is 3.21. The molecule has 5 heteroatoms. The summed E-state index contributed by atoms with van der Waals surface area (Å²) in [6.45, 7) is 0.420. The van der Waals surface area contributed by atoms with Crippen molar-refractivity contribution in [2.45, 2.75) is 18.9 Å². The Kier molecular flexibility index (Phi) is 3.27. The first-order chi connectivity index (χ1) is 8.13. The van der Waals surface area contributed by atoms with Gasteiger partial charge in [-0.2, -0.15) is 0 Å². The summed E-state index contributed by atoms with van der Waals surface area (Å²) in [6, 6.07) is 6.84. The number of benzene rings is 1. The van der Waals surface area contributed by atoms with E-state index in [1.807, 2.05) is 12.1 Å². The Morgan fingerprint density at radius 2 is 2.12 bits per heavy atom. The number of aliphatic imine (C=N–C) groups is 1. The van der Waals surface area contributed by atoms with E-state index in [1.165, 1.54) is 0 Å². The van der Waals surface area contributed by atoms with Crippen LogP contribution in [0.4, 0.5) is 0 Å². The molecule has 0 fully saturated rings. The van der Waals surface area contributed by atoms with Crippen LogP contribution in [-0.4, -0.2) is 34.7 Å². The second-order valence-electron chi connectivity index (χ2n) is 3.93. The Balaban J connectivity index is 1.95. The quantitative estimate of drug-likeness (QED) is 0.822. The summed E-state index contributed by atoms with van der Waals surface area (Å²) in [5.74, 6) is -0.415. The number of phenolic OH excluding ortho intramolecular Hbond substituents is 1. The molecule has 1 atom stereocenters. The van der Waals surface area contributed by atoms with Crippen LogP contribution in [0.5, 0.6) is 5.75 Å². The number of nitrogens with zero attached hydrogens (tertiary/aromatic N) is 1. The first kappa shape index (κ1) is 11.4. The Hall–Kier alpha value is -2.04. The zero-order valence-corrected chi connectivity index (χ0v) is 9.17. The summed E-state index contributed by atoms with van der Waals surface area (Å²) in [5, 5.41) is 17.7. The van der Waals surface area contributed by atoms with E-state index in [9.17, 15) is 4.79 Å². The number of aromatic hydroxyl groups is 1. The Morgan fingerprint density at radius 3 is 2.76 bits per heavy atom. The molecular weight excluding hydrogens is 222 g/mol. The van der Waals surface area contributed by atoms with Gasteiger partial charge in [-0.1, -0.05) is 12.1 Å². The molecule has 0 aromatic heterocycles. The van der Waals surface area contributed by atoms with E-state index in [4.69, 9.17) is 14.9 Å². The van der Waals surface area contributed by atoms with Crippen molar-refractivity contribution in [1.29, 1.82) is 0 Å². The molecule has 0 spiro atoms. The normalized spacial score (nSPS) is 18.6. The fourth-order valence-electron chi connectivity index (χ4n) is 1.71. The lowest BCUT2D eigenvalue weighted by molar-refractivity contribution is -0.135. The van der Waals surface area contributed by atoms with Gasteiger partial charge < -0.3 is 14.9 Å². The maximum Gasteiger partial charge on any atom is 0.312 e. The minimum Gasteiger partial charge on any atom is -0.508 e. The van der Waals surface area contributed by atoms with Gasteiger partial charge >= 0.3 is 5.97 Å². The van der Waals surface area contributed by atoms with Gasteiger partial charge in [0.05, 0.1) is 6.04 Å². The molecule has 0 saturated carbocycles. The minimum absolute atomic E-state index is 0.0334. The van der Waals surface area contributed by atoms with Crippen molar-refractivity contribution in [2.24, 2.45) is 4.99 Å². The average Bonchev–Trinajstić information content (AvgIpc) is 2.68. The number of carbonyl (C=O) groups is 1. The molecule has 0 amide bonds. The second-order valence-corrected chi connectivity index (χ2v) is 3.93. The predicted molar refractivity (Wildman–Crippen MR) is 61.2 cm³/mol. The van der Waals surface area contributed by atoms with Crippen LogP contribution in [0.1, 0.15) is 12.0 Å². The number of hydrogen-bond donors (Lipinski definition) is 2. The Bertz CT molecular complexity index is 438. The van der Waals surface area contributed by atoms with E-state index in [2.05, 4.69) is 4.99 Å². The number of carboxylic acid groups (broad SMARTS) is 1. The number of phenols is 1. The molecule has 17 heavy (non-hydrogen) atoms. The third-order valence-corrected chi connectivity index (χ3v) is 2.48. The van der Waals surface area contributed by atoms with Gasteiger partial charge in [0.1, 0.15) is 18.8 Å². The van der Waals surface area contributed by atoms with Crippen LogP contribution in [0.15, 0.2) is 29.3 Å². The highest BCUT2D eigenvalue weighted by Crippen LogP contribution is 2.15. The molecule has 0 radical (unpaired) electrons. The van der Waals surface area contributed by atoms with Crippen molar-refractivity contribution in [2.75, 3.05) is 6.61 Å². The zero-order valence-electron chi connectivity index (χ0n) is 9.17. The van der Waals surface area contributed by atoms with Gasteiger partial charge in [0.2, 0.25) is 0 Å². The van der Waals surface area contributed by atoms with Crippen LogP contribution >= 0.6 is 0 Å². The molecule has 0 bridgehead atoms. The maximum absolute atomic E-state index is 10.5. The number of aliphatic carboxylic acids is 1. The summed E-state index contributed by atoms with van der Waals surface area (Å²) in [6.07, 6.45) is 0.523. The van der Waals surface area contributed by atoms with E-state index in [-0.39, 0.29) is 18.2 Å². The van der Waals surface area contributed by atoms with Crippen molar-refractivity contribution in [1.82, 2.24) is 0 Å². The number of rotatable bonds is 4. The van der Waals surface area contributed by atoms with Crippen LogP contribution in [0.3, 0.4) is 0 Å². The van der Waals surface area contributed by atoms with Crippen molar-refractivity contribution in [3.8, 4) is 5.75 Å². The van der Waals surface area contributed by atoms with Crippen molar-refractivity contribution in [3.05, 3.63) is 29.8 Å². The first-order valence-corrected chi connectivity index (χ1v) is 5.32. The van der Waals surface area contributed by atoms with Crippen LogP contribution in [0.2, 0.25) is 0 Å². The molecule has 1 heterocycles. The number of hydrogen-bond acceptors (Lipinski definition) is 4. The van der Waals surface area contributed by atoms with Gasteiger partial charge in [0.25, 0.3) is 0 Å². The summed E-state index contributed by atoms with van der Waals surface area (Å²) in [7, 11) is 0. The van der Waals surface area contributed by atoms with E-state index < -0.39 is 5.97 Å². The smallest absolute Gasteiger partial charge is 0.312 e. The molecule has 2 rings (SSSR count). The van der Waals surface area contributed by atoms with E-state index >= 15 is 0 Å². The molecule has 1 aromatic rings. The zero-order chi connectivity index (χ0) is 12.3. The highest BCUT2D eigenvalue weighted by Gasteiger charge is 2.20. The summed E-state index contributed by atoms with van der Waals surface area (Å²) in [5.41, 5.74) is 1.04. The molecule has 2 N–H and O–H groups in total. The topological polar surface area (TPSA) is 79.1 Å². The van der Waals surface area contributed by atoms with Gasteiger partial charge in [0.15, 0.2) is 5.90 Å². The van der Waals surface area contributed by atoms with Crippen LogP contribution in [-0.2, 0) is 16.0 Å². The van der Waals surface area contributed by atoms with E-state index in [1.54, 1.807) is 12.1 Å². The highest BCUT2D eigenvalue weighted by molar-refractivity contribution is 5.94. The predicted octanol–water partition coefficient (Wildman–Crippen LogP) is 1.21. The summed E-state index contributed by atoms with van der Waals surface area (Å²) >= 11 is 0. The SMILES string of the molecule is O=C(O)CC1=NC(Cc2ccc(O)cc2)CO1. The van der Waals surface area contributed by atoms with Crippen molar-refractivity contribution in [3.63, 3.8) is 0 Å². The molecule has 1 aliphatic rings. The Labute approximate surface area is 98.4 Å². The van der Waals surface area contributed by atoms with E-state index in [0.29, 0.717) is 18.9 Å². The minimum atomic E-state index is -0.936. The Morgan fingerprint density at radius 1 is 1.41 bits per heavy atom. The largest absolute Gasteiger partial charge is 0.508 e. The van der Waals surface area contributed by atoms with Gasteiger partial charge in [-0.25, -0.2) is 4.99 Å². The molecule has 1 aliphatic heterocycles. The number of carboxylic acids is 1. The third-order valence-electron chi connectivity index (χ3n) is 2.48. The second kappa shape index (κ2) is 4.86. The van der Waals surface area contributed by atoms with Gasteiger partial charge in [0, 0.05) is 0 Å². The lowest BCUT2D eigenvalue weighted by Crippen LogP contribution is -2.10. The molecule has 90 valence electrons. The average molecular weight is 235 g/mol. The molecule has 1 unspecified atom stereocenters. The molecule has 0 aliphatic carbocycles. The lowest BCUT2D eigenvalue weighted by atomic mass is 10.1. The molecular formula is C12H13NO4. The van der Waals surface area contributed by atoms with Gasteiger partial charge in [-0.3, -0.25) is 4.79 Å². The first-order valence-electron chi connectivity index (χ1n) is 5.32. The molecule has 5 nitrogen and oxygen atoms in total. The summed E-state index contributed by atoms with van der Waals surface area (Å²) < 4.78 is 5.19. The number of ether oxygens (including phenoxy) is 1. The van der Waals surface area contributed by atoms with Gasteiger partial charge in [-0.15, -0.1) is 0 Å². The van der Waals surface area contributed by atoms with Crippen molar-refractivity contribution < 1.29 is 19.7 Å². The lowest BCUT2D eigenvalue weighted by Gasteiger charge is -2.04. The van der Waals surface area contributed by atoms with Crippen LogP contribution in [0, 0.1) is 0 Å². The molecule has 1 aromatic carbocycles. The van der Waals surface area contributed by atoms with Crippen molar-refractivity contribution >= 4 is 11.9 Å². The molecule has 0 saturated heterocycles. The van der Waals surface area contributed by atoms with E-state index in [0.717, 1.165) is 5.56 Å². The fourth-order valence-corrected chi connectivity index (χ4v) is 1.71. The summed E-state index contributed by atoms with van der Waals surface area (Å²) in [4.78, 5) is 14.7. The van der Waals surface area contributed by atoms with Crippen LogP contribution < -0.4 is 0 Å². The maximum atomic E-state index is 10.5. The monoisotopic (exact) mass is 235 g/mol. The fraction of sp³-hybridized carbons (Fsp3) is 0.333. The van der Waals surface area contributed by atoms with Crippen LogP contribution in [0.25, 0.3) is 0 Å². The van der Waals surface area contributed by atoms with Gasteiger partial charge in [-0.05, 0) is 24.1 Å². The standard InChI is InChI=1S/C12H13NO4/c14-10-3-1-8(2-4-10)5-9-7-17-11(13-9)6-12(15)16/h1-4,9,14H,5-7H2,(H,15,16).